The number of hydrogen-bond acceptors (Lipinski definition) is 5. The Morgan fingerprint density at radius 1 is 1.42 bits per heavy atom. The zero-order valence-corrected chi connectivity index (χ0v) is 14.1. The Bertz CT molecular complexity index is 883. The fraction of sp³-hybridized carbons (Fsp3) is 0.200. The average Bonchev–Trinajstić information content (AvgIpc) is 2.53. The molecule has 2 aromatic rings. The summed E-state index contributed by atoms with van der Waals surface area (Å²) < 4.78 is 0. The number of nitrogens with one attached hydrogen (secondary N) is 3. The number of carbonyl (C=O) groups excluding carboxylic acids is 2. The number of carbonyl (C=O) groups is 2. The third-order valence-corrected chi connectivity index (χ3v) is 4.35. The fourth-order valence-corrected chi connectivity index (χ4v) is 3.03. The SMILES string of the molecule is CSc1nc2c(c(=O)[nH]1)[C@H](C(=O)Nc1cccc(Cl)c1)CC(=O)N2. The number of hydrogen-bond donors (Lipinski definition) is 3. The molecule has 24 heavy (non-hydrogen) atoms. The van der Waals surface area contributed by atoms with Crippen LogP contribution in [0.15, 0.2) is 34.2 Å². The highest BCUT2D eigenvalue weighted by Gasteiger charge is 2.34. The molecule has 1 aromatic carbocycles. The minimum absolute atomic E-state index is 0.122. The van der Waals surface area contributed by atoms with Crippen LogP contribution >= 0.6 is 23.4 Å². The second-order valence-corrected chi connectivity index (χ2v) is 6.37. The summed E-state index contributed by atoms with van der Waals surface area (Å²) in [5.74, 6) is -1.61. The van der Waals surface area contributed by atoms with Gasteiger partial charge in [0.05, 0.1) is 11.5 Å². The van der Waals surface area contributed by atoms with Crippen LogP contribution < -0.4 is 16.2 Å². The normalized spacial score (nSPS) is 16.2. The second-order valence-electron chi connectivity index (χ2n) is 5.14. The van der Waals surface area contributed by atoms with E-state index in [1.165, 1.54) is 11.8 Å². The summed E-state index contributed by atoms with van der Waals surface area (Å²) in [6.45, 7) is 0. The van der Waals surface area contributed by atoms with Crippen LogP contribution in [0.2, 0.25) is 5.02 Å². The molecular formula is C15H13ClN4O3S. The largest absolute Gasteiger partial charge is 0.325 e. The van der Waals surface area contributed by atoms with Crippen molar-refractivity contribution in [3.8, 4) is 0 Å². The molecule has 3 rings (SSSR count). The van der Waals surface area contributed by atoms with Crippen molar-refractivity contribution in [2.75, 3.05) is 16.9 Å². The van der Waals surface area contributed by atoms with Gasteiger partial charge >= 0.3 is 0 Å². The monoisotopic (exact) mass is 364 g/mol. The number of aromatic amines is 1. The van der Waals surface area contributed by atoms with Crippen molar-refractivity contribution in [2.45, 2.75) is 17.5 Å². The molecule has 0 unspecified atom stereocenters. The summed E-state index contributed by atoms with van der Waals surface area (Å²) in [6.07, 6.45) is 1.63. The van der Waals surface area contributed by atoms with E-state index in [4.69, 9.17) is 11.6 Å². The maximum atomic E-state index is 12.6. The van der Waals surface area contributed by atoms with Crippen LogP contribution in [0.3, 0.4) is 0 Å². The number of nitrogens with zero attached hydrogens (tertiary/aromatic N) is 1. The summed E-state index contributed by atoms with van der Waals surface area (Å²) in [6, 6.07) is 6.63. The van der Waals surface area contributed by atoms with Gasteiger partial charge in [0.15, 0.2) is 5.16 Å². The van der Waals surface area contributed by atoms with E-state index in [0.717, 1.165) is 0 Å². The molecule has 124 valence electrons. The van der Waals surface area contributed by atoms with Crippen LogP contribution in [0.5, 0.6) is 0 Å². The average molecular weight is 365 g/mol. The number of rotatable bonds is 3. The first kappa shape index (κ1) is 16.5. The fourth-order valence-electron chi connectivity index (χ4n) is 2.47. The van der Waals surface area contributed by atoms with Gasteiger partial charge in [-0.3, -0.25) is 14.4 Å². The van der Waals surface area contributed by atoms with E-state index < -0.39 is 17.4 Å². The zero-order chi connectivity index (χ0) is 17.3. The summed E-state index contributed by atoms with van der Waals surface area (Å²) in [5.41, 5.74) is 0.215. The summed E-state index contributed by atoms with van der Waals surface area (Å²) >= 11 is 7.13. The van der Waals surface area contributed by atoms with Gasteiger partial charge in [-0.2, -0.15) is 0 Å². The molecule has 2 heterocycles. The molecular weight excluding hydrogens is 352 g/mol. The number of thioether (sulfide) groups is 1. The lowest BCUT2D eigenvalue weighted by molar-refractivity contribution is -0.123. The predicted octanol–water partition coefficient (Wildman–Crippen LogP) is 2.21. The maximum absolute atomic E-state index is 12.6. The first-order valence-corrected chi connectivity index (χ1v) is 8.62. The predicted molar refractivity (Wildman–Crippen MR) is 92.7 cm³/mol. The Hall–Kier alpha value is -2.32. The van der Waals surface area contributed by atoms with Gasteiger partial charge in [-0.05, 0) is 24.5 Å². The molecule has 1 aromatic heterocycles. The molecule has 0 fully saturated rings. The molecule has 0 bridgehead atoms. The van der Waals surface area contributed by atoms with Crippen LogP contribution in [0.1, 0.15) is 17.9 Å². The minimum atomic E-state index is -0.917. The maximum Gasteiger partial charge on any atom is 0.257 e. The number of halogens is 1. The number of H-pyrrole nitrogens is 1. The first-order chi connectivity index (χ1) is 11.5. The minimum Gasteiger partial charge on any atom is -0.325 e. The quantitative estimate of drug-likeness (QED) is 0.572. The van der Waals surface area contributed by atoms with Crippen LogP contribution in [0, 0.1) is 0 Å². The van der Waals surface area contributed by atoms with Crippen LogP contribution in [-0.2, 0) is 9.59 Å². The summed E-state index contributed by atoms with van der Waals surface area (Å²) in [7, 11) is 0. The highest BCUT2D eigenvalue weighted by molar-refractivity contribution is 7.98. The van der Waals surface area contributed by atoms with Gasteiger partial charge in [-0.25, -0.2) is 4.98 Å². The molecule has 1 atom stereocenters. The van der Waals surface area contributed by atoms with Crippen molar-refractivity contribution in [3.63, 3.8) is 0 Å². The van der Waals surface area contributed by atoms with Crippen LogP contribution in [-0.4, -0.2) is 28.0 Å². The van der Waals surface area contributed by atoms with Crippen molar-refractivity contribution < 1.29 is 9.59 Å². The van der Waals surface area contributed by atoms with E-state index in [1.54, 1.807) is 30.5 Å². The van der Waals surface area contributed by atoms with Gasteiger partial charge < -0.3 is 15.6 Å². The molecule has 0 saturated heterocycles. The van der Waals surface area contributed by atoms with E-state index in [-0.39, 0.29) is 23.7 Å². The molecule has 0 aliphatic carbocycles. The number of fused-ring (bicyclic) bond motifs is 1. The van der Waals surface area contributed by atoms with E-state index in [9.17, 15) is 14.4 Å². The molecule has 1 aliphatic rings. The molecule has 0 radical (unpaired) electrons. The standard InChI is InChI=1S/C15H13ClN4O3S/c1-24-15-19-12-11(14(23)20-15)9(6-10(21)18-12)13(22)17-8-4-2-3-7(16)5-8/h2-5,9H,6H2,1H3,(H,17,22)(H2,18,19,20,21,23)/t9-/m1/s1. The molecule has 0 spiro atoms. The van der Waals surface area contributed by atoms with Gasteiger partial charge in [-0.15, -0.1) is 0 Å². The van der Waals surface area contributed by atoms with Gasteiger partial charge in [0.25, 0.3) is 5.56 Å². The lowest BCUT2D eigenvalue weighted by Gasteiger charge is -2.23. The van der Waals surface area contributed by atoms with E-state index in [1.807, 2.05) is 0 Å². The Kier molecular flexibility index (Phi) is 4.59. The van der Waals surface area contributed by atoms with Gasteiger partial charge in [0, 0.05) is 17.1 Å². The van der Waals surface area contributed by atoms with Crippen molar-refractivity contribution in [3.05, 3.63) is 45.2 Å². The number of benzene rings is 1. The van der Waals surface area contributed by atoms with Crippen LogP contribution in [0.25, 0.3) is 0 Å². The Morgan fingerprint density at radius 2 is 2.21 bits per heavy atom. The molecule has 9 heteroatoms. The van der Waals surface area contributed by atoms with Gasteiger partial charge in [-0.1, -0.05) is 29.4 Å². The highest BCUT2D eigenvalue weighted by Crippen LogP contribution is 2.30. The number of anilines is 2. The van der Waals surface area contributed by atoms with Crippen molar-refractivity contribution in [1.82, 2.24) is 9.97 Å². The van der Waals surface area contributed by atoms with E-state index >= 15 is 0 Å². The second kappa shape index (κ2) is 6.66. The number of aromatic nitrogens is 2. The molecule has 2 amide bonds. The van der Waals surface area contributed by atoms with Gasteiger partial charge in [0.1, 0.15) is 5.82 Å². The first-order valence-electron chi connectivity index (χ1n) is 7.02. The molecule has 3 N–H and O–H groups in total. The van der Waals surface area contributed by atoms with Crippen molar-refractivity contribution in [1.29, 1.82) is 0 Å². The van der Waals surface area contributed by atoms with Crippen molar-refractivity contribution >= 4 is 46.7 Å². The van der Waals surface area contributed by atoms with E-state index in [0.29, 0.717) is 15.9 Å². The van der Waals surface area contributed by atoms with Crippen molar-refractivity contribution in [2.24, 2.45) is 0 Å². The topological polar surface area (TPSA) is 104 Å². The Morgan fingerprint density at radius 3 is 2.92 bits per heavy atom. The van der Waals surface area contributed by atoms with E-state index in [2.05, 4.69) is 20.6 Å². The molecule has 7 nitrogen and oxygen atoms in total. The van der Waals surface area contributed by atoms with Gasteiger partial charge in [0.2, 0.25) is 11.8 Å². The Balaban J connectivity index is 1.96. The zero-order valence-electron chi connectivity index (χ0n) is 12.6. The lowest BCUT2D eigenvalue weighted by atomic mass is 9.92. The summed E-state index contributed by atoms with van der Waals surface area (Å²) in [5, 5.41) is 6.07. The van der Waals surface area contributed by atoms with Crippen LogP contribution in [0.4, 0.5) is 11.5 Å². The Labute approximate surface area is 146 Å². The lowest BCUT2D eigenvalue weighted by Crippen LogP contribution is -2.36. The molecule has 0 saturated carbocycles. The third-order valence-electron chi connectivity index (χ3n) is 3.53. The summed E-state index contributed by atoms with van der Waals surface area (Å²) in [4.78, 5) is 43.5. The smallest absolute Gasteiger partial charge is 0.257 e. The highest BCUT2D eigenvalue weighted by atomic mass is 35.5. The number of amides is 2. The third kappa shape index (κ3) is 3.29. The molecule has 1 aliphatic heterocycles.